The lowest BCUT2D eigenvalue weighted by Crippen LogP contribution is -2.18. The molecular weight excluding hydrogens is 525 g/mol. The van der Waals surface area contributed by atoms with Crippen LogP contribution in [0.5, 0.6) is 5.75 Å². The summed E-state index contributed by atoms with van der Waals surface area (Å²) in [6.45, 7) is 0. The van der Waals surface area contributed by atoms with E-state index in [2.05, 4.69) is 15.8 Å². The van der Waals surface area contributed by atoms with Gasteiger partial charge in [0.05, 0.1) is 27.4 Å². The lowest BCUT2D eigenvalue weighted by molar-refractivity contribution is -0.274. The van der Waals surface area contributed by atoms with Gasteiger partial charge in [0.1, 0.15) is 5.75 Å². The van der Waals surface area contributed by atoms with Crippen LogP contribution in [0.2, 0.25) is 0 Å². The maximum Gasteiger partial charge on any atom is 0.573 e. The van der Waals surface area contributed by atoms with Gasteiger partial charge >= 0.3 is 12.3 Å². The van der Waals surface area contributed by atoms with Gasteiger partial charge < -0.3 is 9.84 Å². The summed E-state index contributed by atoms with van der Waals surface area (Å²) >= 11 is 1.52. The summed E-state index contributed by atoms with van der Waals surface area (Å²) in [5, 5.41) is 18.9. The van der Waals surface area contributed by atoms with E-state index in [-0.39, 0.29) is 11.5 Å². The van der Waals surface area contributed by atoms with Crippen LogP contribution in [-0.2, 0) is 4.79 Å². The van der Waals surface area contributed by atoms with Crippen molar-refractivity contribution in [3.63, 3.8) is 0 Å². The third kappa shape index (κ3) is 5.86. The fourth-order valence-electron chi connectivity index (χ4n) is 4.72. The van der Waals surface area contributed by atoms with E-state index in [1.165, 1.54) is 29.5 Å². The number of carbonyl (C=O) groups is 1. The van der Waals surface area contributed by atoms with Crippen molar-refractivity contribution >= 4 is 44.7 Å². The minimum absolute atomic E-state index is 0.0897. The van der Waals surface area contributed by atoms with E-state index in [1.807, 2.05) is 30.3 Å². The van der Waals surface area contributed by atoms with Crippen molar-refractivity contribution in [2.75, 3.05) is 0 Å². The van der Waals surface area contributed by atoms with E-state index in [1.54, 1.807) is 17.6 Å². The highest BCUT2D eigenvalue weighted by Crippen LogP contribution is 2.46. The first kappa shape index (κ1) is 26.2. The number of aliphatic carboxylic acids is 1. The van der Waals surface area contributed by atoms with Crippen LogP contribution in [0.15, 0.2) is 72.3 Å². The topological polar surface area (TPSA) is 83.2 Å². The molecule has 196 valence electrons. The maximum atomic E-state index is 12.9. The van der Waals surface area contributed by atoms with Gasteiger partial charge in [-0.15, -0.1) is 24.5 Å². The van der Waals surface area contributed by atoms with Crippen LogP contribution in [0, 0.1) is 17.2 Å². The molecule has 1 aliphatic carbocycles. The Morgan fingerprint density at radius 2 is 1.82 bits per heavy atom. The van der Waals surface area contributed by atoms with Crippen LogP contribution in [0.25, 0.3) is 27.4 Å². The number of aromatic nitrogens is 1. The summed E-state index contributed by atoms with van der Waals surface area (Å²) in [5.41, 5.74) is 7.35. The van der Waals surface area contributed by atoms with Crippen molar-refractivity contribution in [1.29, 1.82) is 5.26 Å². The van der Waals surface area contributed by atoms with Gasteiger partial charge in [-0.2, -0.15) is 5.26 Å². The van der Waals surface area contributed by atoms with Gasteiger partial charge in [-0.25, -0.2) is 9.78 Å². The Morgan fingerprint density at radius 3 is 2.46 bits per heavy atom. The normalized spacial score (nSPS) is 14.6. The summed E-state index contributed by atoms with van der Waals surface area (Å²) in [6, 6.07) is 19.3. The highest BCUT2D eigenvalue weighted by Gasteiger charge is 2.33. The van der Waals surface area contributed by atoms with Crippen LogP contribution >= 0.6 is 11.3 Å². The molecule has 1 heterocycles. The van der Waals surface area contributed by atoms with E-state index in [4.69, 9.17) is 5.11 Å². The number of carboxylic acid groups (broad SMARTS) is 1. The first-order valence-corrected chi connectivity index (χ1v) is 13.0. The molecule has 0 spiro atoms. The summed E-state index contributed by atoms with van der Waals surface area (Å²) < 4.78 is 43.7. The average molecular weight is 547 g/mol. The zero-order valence-corrected chi connectivity index (χ0v) is 21.2. The molecule has 1 N–H and O–H groups in total. The van der Waals surface area contributed by atoms with Gasteiger partial charge in [-0.05, 0) is 88.6 Å². The predicted molar refractivity (Wildman–Crippen MR) is 144 cm³/mol. The Balaban J connectivity index is 1.74. The van der Waals surface area contributed by atoms with Gasteiger partial charge in [-0.1, -0.05) is 36.8 Å². The number of halogens is 3. The maximum absolute atomic E-state index is 12.9. The van der Waals surface area contributed by atoms with Crippen LogP contribution in [0.4, 0.5) is 13.2 Å². The summed E-state index contributed by atoms with van der Waals surface area (Å²) in [7, 11) is 0. The predicted octanol–water partition coefficient (Wildman–Crippen LogP) is 7.92. The number of hydrogen-bond donors (Lipinski definition) is 1. The number of ether oxygens (including phenoxy) is 1. The minimum atomic E-state index is -4.87. The molecule has 1 aromatic heterocycles. The number of thiazole rings is 1. The monoisotopic (exact) mass is 546 g/mol. The number of nitrogens with zero attached hydrogens (tertiary/aromatic N) is 2. The largest absolute Gasteiger partial charge is 0.573 e. The second kappa shape index (κ2) is 10.8. The van der Waals surface area contributed by atoms with Crippen LogP contribution in [-0.4, -0.2) is 22.4 Å². The molecule has 0 saturated heterocycles. The molecule has 0 unspecified atom stereocenters. The first-order chi connectivity index (χ1) is 18.7. The van der Waals surface area contributed by atoms with Crippen molar-refractivity contribution < 1.29 is 27.8 Å². The quantitative estimate of drug-likeness (QED) is 0.188. The summed E-state index contributed by atoms with van der Waals surface area (Å²) in [4.78, 5) is 15.4. The number of fused-ring (bicyclic) bond motifs is 1. The minimum Gasteiger partial charge on any atom is -0.478 e. The molecule has 0 radical (unpaired) electrons. The molecule has 1 saturated carbocycles. The number of carboxylic acids is 1. The van der Waals surface area contributed by atoms with E-state index in [9.17, 15) is 23.2 Å². The number of rotatable bonds is 7. The molecule has 1 aliphatic rings. The highest BCUT2D eigenvalue weighted by molar-refractivity contribution is 7.16. The van der Waals surface area contributed by atoms with E-state index in [0.717, 1.165) is 63.9 Å². The molecule has 4 aromatic rings. The van der Waals surface area contributed by atoms with Gasteiger partial charge in [0.15, 0.2) is 0 Å². The number of benzene rings is 3. The second-order valence-corrected chi connectivity index (χ2v) is 10.00. The number of alkyl halides is 3. The Labute approximate surface area is 226 Å². The van der Waals surface area contributed by atoms with Gasteiger partial charge in [0, 0.05) is 6.08 Å². The molecule has 0 amide bonds. The fourth-order valence-corrected chi connectivity index (χ4v) is 5.38. The molecule has 0 bridgehead atoms. The van der Waals surface area contributed by atoms with Crippen LogP contribution in [0.3, 0.4) is 0 Å². The van der Waals surface area contributed by atoms with Crippen molar-refractivity contribution in [2.24, 2.45) is 5.92 Å². The van der Waals surface area contributed by atoms with Gasteiger partial charge in [0.2, 0.25) is 0 Å². The Bertz CT molecular complexity index is 1640. The average Bonchev–Trinajstić information content (AvgIpc) is 3.34. The van der Waals surface area contributed by atoms with Crippen molar-refractivity contribution in [3.8, 4) is 11.8 Å². The van der Waals surface area contributed by atoms with E-state index >= 15 is 0 Å². The first-order valence-electron chi connectivity index (χ1n) is 12.1. The van der Waals surface area contributed by atoms with Crippen molar-refractivity contribution in [3.05, 3.63) is 100 Å². The molecule has 3 aromatic carbocycles. The number of nitriles is 1. The lowest BCUT2D eigenvalue weighted by atomic mass is 9.72. The van der Waals surface area contributed by atoms with E-state index < -0.39 is 18.1 Å². The van der Waals surface area contributed by atoms with Crippen LogP contribution < -0.4 is 4.74 Å². The Morgan fingerprint density at radius 1 is 1.08 bits per heavy atom. The van der Waals surface area contributed by atoms with E-state index in [0.29, 0.717) is 11.1 Å². The molecule has 0 atom stereocenters. The van der Waals surface area contributed by atoms with Crippen LogP contribution in [0.1, 0.15) is 47.1 Å². The Kier molecular flexibility index (Phi) is 7.22. The van der Waals surface area contributed by atoms with Gasteiger partial charge in [0.25, 0.3) is 0 Å². The zero-order valence-electron chi connectivity index (χ0n) is 20.4. The SMILES string of the molecule is N#Cc1cc(OC(F)(F)F)ccc1C(=C(c1ccc(C=CC(=O)O)cc1)c1ccc2scnc2c1)C1CCC1. The molecular formula is C30H21F3N2O3S. The lowest BCUT2D eigenvalue weighted by Gasteiger charge is -2.32. The fraction of sp³-hybridized carbons (Fsp3) is 0.167. The summed E-state index contributed by atoms with van der Waals surface area (Å²) in [5.74, 6) is -1.40. The molecule has 39 heavy (non-hydrogen) atoms. The second-order valence-electron chi connectivity index (χ2n) is 9.11. The third-order valence-corrected chi connectivity index (χ3v) is 7.46. The number of allylic oxidation sites excluding steroid dienone is 1. The molecule has 5 nitrogen and oxygen atoms in total. The molecule has 0 aliphatic heterocycles. The Hall–Kier alpha value is -4.42. The van der Waals surface area contributed by atoms with Crippen molar-refractivity contribution in [1.82, 2.24) is 4.98 Å². The highest BCUT2D eigenvalue weighted by atomic mass is 32.1. The van der Waals surface area contributed by atoms with Crippen molar-refractivity contribution in [2.45, 2.75) is 25.6 Å². The summed E-state index contributed by atoms with van der Waals surface area (Å²) in [6.07, 6.45) is 0.447. The molecule has 1 fully saturated rings. The number of hydrogen-bond acceptors (Lipinski definition) is 5. The smallest absolute Gasteiger partial charge is 0.478 e. The third-order valence-electron chi connectivity index (χ3n) is 6.65. The molecule has 9 heteroatoms. The van der Waals surface area contributed by atoms with Gasteiger partial charge in [-0.3, -0.25) is 0 Å². The standard InChI is InChI=1S/C30H21F3N2O3S/c31-30(32,33)38-23-10-11-24(22(14-23)16-34)29(19-2-1-3-19)28(21-9-12-26-25(15-21)35-17-39-26)20-7-4-18(5-8-20)6-13-27(36)37/h4-15,17,19H,1-3H2,(H,36,37). The zero-order chi connectivity index (χ0) is 27.6. The molecule has 5 rings (SSSR count).